The van der Waals surface area contributed by atoms with Crippen LogP contribution in [0.3, 0.4) is 0 Å². The molecule has 2 aliphatic rings. The molecule has 2 fully saturated rings. The fourth-order valence-electron chi connectivity index (χ4n) is 4.63. The second-order valence-corrected chi connectivity index (χ2v) is 8.08. The lowest BCUT2D eigenvalue weighted by atomic mass is 9.96. The molecule has 148 valence electrons. The van der Waals surface area contributed by atoms with E-state index < -0.39 is 0 Å². The van der Waals surface area contributed by atoms with Crippen LogP contribution in [-0.2, 0) is 0 Å². The molecule has 1 saturated heterocycles. The minimum absolute atomic E-state index is 0.113. The topological polar surface area (TPSA) is 35.6 Å². The van der Waals surface area contributed by atoms with Crippen molar-refractivity contribution in [3.8, 4) is 0 Å². The van der Waals surface area contributed by atoms with E-state index in [-0.39, 0.29) is 12.1 Å². The molecule has 4 nitrogen and oxygen atoms in total. The maximum Gasteiger partial charge on any atom is 0.317 e. The number of urea groups is 1. The van der Waals surface area contributed by atoms with Gasteiger partial charge in [-0.1, -0.05) is 73.5 Å². The Morgan fingerprint density at radius 1 is 0.857 bits per heavy atom. The van der Waals surface area contributed by atoms with Gasteiger partial charge in [0.15, 0.2) is 0 Å². The normalized spacial score (nSPS) is 18.5. The van der Waals surface area contributed by atoms with Crippen molar-refractivity contribution in [3.63, 3.8) is 0 Å². The van der Waals surface area contributed by atoms with Gasteiger partial charge in [0.2, 0.25) is 0 Å². The predicted molar refractivity (Wildman–Crippen MR) is 113 cm³/mol. The minimum Gasteiger partial charge on any atom is -0.338 e. The molecular weight excluding hydrogens is 346 g/mol. The molecule has 4 heteroatoms. The molecule has 1 N–H and O–H groups in total. The first-order valence-corrected chi connectivity index (χ1v) is 10.7. The highest BCUT2D eigenvalue weighted by Crippen LogP contribution is 2.29. The van der Waals surface area contributed by atoms with Crippen LogP contribution >= 0.6 is 0 Å². The average Bonchev–Trinajstić information content (AvgIpc) is 3.28. The van der Waals surface area contributed by atoms with E-state index in [1.807, 2.05) is 4.90 Å². The van der Waals surface area contributed by atoms with Crippen LogP contribution in [0, 0.1) is 5.92 Å². The number of carbonyl (C=O) groups excluding carboxylic acids is 1. The summed E-state index contributed by atoms with van der Waals surface area (Å²) in [5, 5.41) is 3.17. The standard InChI is InChI=1S/C24H31N3O/c28-24(25-19-20-9-7-8-10-20)27-17-15-26(16-18-27)23(21-11-3-1-4-12-21)22-13-5-2-6-14-22/h1-6,11-14,20,23H,7-10,15-19H2,(H,25,28). The van der Waals surface area contributed by atoms with Gasteiger partial charge in [0.25, 0.3) is 0 Å². The number of benzene rings is 2. The zero-order valence-electron chi connectivity index (χ0n) is 16.6. The number of hydrogen-bond donors (Lipinski definition) is 1. The van der Waals surface area contributed by atoms with Crippen LogP contribution < -0.4 is 5.32 Å². The minimum atomic E-state index is 0.113. The lowest BCUT2D eigenvalue weighted by molar-refractivity contribution is 0.120. The fourth-order valence-corrected chi connectivity index (χ4v) is 4.63. The molecule has 1 heterocycles. The summed E-state index contributed by atoms with van der Waals surface area (Å²) >= 11 is 0. The molecule has 1 aliphatic carbocycles. The van der Waals surface area contributed by atoms with Gasteiger partial charge in [-0.15, -0.1) is 0 Å². The average molecular weight is 378 g/mol. The Morgan fingerprint density at radius 3 is 1.93 bits per heavy atom. The largest absolute Gasteiger partial charge is 0.338 e. The van der Waals surface area contributed by atoms with Gasteiger partial charge in [0, 0.05) is 32.7 Å². The first-order valence-electron chi connectivity index (χ1n) is 10.7. The van der Waals surface area contributed by atoms with E-state index in [2.05, 4.69) is 70.9 Å². The van der Waals surface area contributed by atoms with Crippen LogP contribution in [0.5, 0.6) is 0 Å². The number of hydrogen-bond acceptors (Lipinski definition) is 2. The van der Waals surface area contributed by atoms with Gasteiger partial charge in [-0.3, -0.25) is 4.90 Å². The number of carbonyl (C=O) groups is 1. The van der Waals surface area contributed by atoms with E-state index in [0.717, 1.165) is 32.7 Å². The van der Waals surface area contributed by atoms with Gasteiger partial charge in [0.05, 0.1) is 6.04 Å². The maximum absolute atomic E-state index is 12.6. The summed E-state index contributed by atoms with van der Waals surface area (Å²) in [6, 6.07) is 21.8. The van der Waals surface area contributed by atoms with Crippen molar-refractivity contribution in [2.24, 2.45) is 5.92 Å². The summed E-state index contributed by atoms with van der Waals surface area (Å²) in [4.78, 5) is 17.1. The summed E-state index contributed by atoms with van der Waals surface area (Å²) in [7, 11) is 0. The van der Waals surface area contributed by atoms with Crippen molar-refractivity contribution in [3.05, 3.63) is 71.8 Å². The Labute approximate surface area is 168 Å². The summed E-state index contributed by atoms with van der Waals surface area (Å²) in [5.41, 5.74) is 2.63. The molecule has 28 heavy (non-hydrogen) atoms. The van der Waals surface area contributed by atoms with Crippen molar-refractivity contribution in [2.75, 3.05) is 32.7 Å². The second-order valence-electron chi connectivity index (χ2n) is 8.08. The van der Waals surface area contributed by atoms with Crippen LogP contribution in [0.4, 0.5) is 4.79 Å². The van der Waals surface area contributed by atoms with Crippen molar-refractivity contribution in [2.45, 2.75) is 31.7 Å². The Hall–Kier alpha value is -2.33. The summed E-state index contributed by atoms with van der Waals surface area (Å²) < 4.78 is 0. The SMILES string of the molecule is O=C(NCC1CCCC1)N1CCN(C(c2ccccc2)c2ccccc2)CC1. The molecule has 0 spiro atoms. The van der Waals surface area contributed by atoms with E-state index in [1.165, 1.54) is 36.8 Å². The molecule has 1 saturated carbocycles. The zero-order chi connectivity index (χ0) is 19.2. The maximum atomic E-state index is 12.6. The fraction of sp³-hybridized carbons (Fsp3) is 0.458. The lowest BCUT2D eigenvalue weighted by Crippen LogP contribution is -2.53. The second kappa shape index (κ2) is 9.24. The van der Waals surface area contributed by atoms with Gasteiger partial charge in [-0.05, 0) is 29.9 Å². The highest BCUT2D eigenvalue weighted by Gasteiger charge is 2.28. The van der Waals surface area contributed by atoms with Crippen molar-refractivity contribution >= 4 is 6.03 Å². The monoisotopic (exact) mass is 377 g/mol. The lowest BCUT2D eigenvalue weighted by Gasteiger charge is -2.39. The number of nitrogens with zero attached hydrogens (tertiary/aromatic N) is 2. The van der Waals surface area contributed by atoms with E-state index >= 15 is 0 Å². The van der Waals surface area contributed by atoms with Crippen LogP contribution in [0.1, 0.15) is 42.9 Å². The molecule has 0 unspecified atom stereocenters. The third-order valence-corrected chi connectivity index (χ3v) is 6.21. The smallest absolute Gasteiger partial charge is 0.317 e. The quantitative estimate of drug-likeness (QED) is 0.843. The van der Waals surface area contributed by atoms with E-state index in [0.29, 0.717) is 5.92 Å². The number of piperazine rings is 1. The summed E-state index contributed by atoms with van der Waals surface area (Å²) in [6.45, 7) is 4.20. The van der Waals surface area contributed by atoms with Crippen LogP contribution in [0.2, 0.25) is 0 Å². The first-order chi connectivity index (χ1) is 13.8. The van der Waals surface area contributed by atoms with Crippen molar-refractivity contribution in [1.82, 2.24) is 15.1 Å². The molecule has 4 rings (SSSR count). The molecule has 0 atom stereocenters. The highest BCUT2D eigenvalue weighted by atomic mass is 16.2. The van der Waals surface area contributed by atoms with E-state index in [1.54, 1.807) is 0 Å². The molecule has 0 bridgehead atoms. The number of amides is 2. The summed E-state index contributed by atoms with van der Waals surface area (Å²) in [6.07, 6.45) is 5.17. The van der Waals surface area contributed by atoms with Gasteiger partial charge in [-0.2, -0.15) is 0 Å². The zero-order valence-corrected chi connectivity index (χ0v) is 16.6. The molecule has 1 aliphatic heterocycles. The molecule has 2 amide bonds. The Balaban J connectivity index is 1.38. The van der Waals surface area contributed by atoms with Gasteiger partial charge in [0.1, 0.15) is 0 Å². The molecule has 0 radical (unpaired) electrons. The van der Waals surface area contributed by atoms with Crippen LogP contribution in [0.15, 0.2) is 60.7 Å². The van der Waals surface area contributed by atoms with Gasteiger partial charge < -0.3 is 10.2 Å². The third-order valence-electron chi connectivity index (χ3n) is 6.21. The Kier molecular flexibility index (Phi) is 6.27. The van der Waals surface area contributed by atoms with E-state index in [9.17, 15) is 4.79 Å². The Bertz CT molecular complexity index is 695. The predicted octanol–water partition coefficient (Wildman–Crippen LogP) is 4.29. The molecule has 2 aromatic rings. The number of nitrogens with one attached hydrogen (secondary N) is 1. The van der Waals surface area contributed by atoms with Crippen molar-refractivity contribution < 1.29 is 4.79 Å². The van der Waals surface area contributed by atoms with Crippen molar-refractivity contribution in [1.29, 1.82) is 0 Å². The highest BCUT2D eigenvalue weighted by molar-refractivity contribution is 5.74. The Morgan fingerprint density at radius 2 is 1.39 bits per heavy atom. The molecular formula is C24H31N3O. The van der Waals surface area contributed by atoms with Crippen LogP contribution in [-0.4, -0.2) is 48.6 Å². The van der Waals surface area contributed by atoms with Gasteiger partial charge in [-0.25, -0.2) is 4.79 Å². The van der Waals surface area contributed by atoms with Gasteiger partial charge >= 0.3 is 6.03 Å². The van der Waals surface area contributed by atoms with E-state index in [4.69, 9.17) is 0 Å². The molecule has 2 aromatic carbocycles. The third kappa shape index (κ3) is 4.56. The first kappa shape index (κ1) is 19.0. The summed E-state index contributed by atoms with van der Waals surface area (Å²) in [5.74, 6) is 0.686. The number of rotatable bonds is 5. The van der Waals surface area contributed by atoms with Crippen LogP contribution in [0.25, 0.3) is 0 Å². The molecule has 0 aromatic heterocycles.